The maximum atomic E-state index is 11.9. The largest absolute Gasteiger partial charge is 0.352 e. The van der Waals surface area contributed by atoms with Gasteiger partial charge in [-0.05, 0) is 45.7 Å². The van der Waals surface area contributed by atoms with Gasteiger partial charge in [-0.25, -0.2) is 0 Å². The molecule has 1 amide bonds. The highest BCUT2D eigenvalue weighted by atomic mass is 16.2. The van der Waals surface area contributed by atoms with Gasteiger partial charge in [-0.3, -0.25) is 9.69 Å². The maximum absolute atomic E-state index is 11.9. The smallest absolute Gasteiger partial charge is 0.234 e. The van der Waals surface area contributed by atoms with Crippen LogP contribution in [0.4, 0.5) is 0 Å². The Morgan fingerprint density at radius 2 is 1.95 bits per heavy atom. The van der Waals surface area contributed by atoms with Crippen LogP contribution in [0.3, 0.4) is 0 Å². The molecule has 1 aliphatic heterocycles. The third-order valence-electron chi connectivity index (χ3n) is 4.26. The lowest BCUT2D eigenvalue weighted by molar-refractivity contribution is -0.123. The molecule has 0 unspecified atom stereocenters. The Morgan fingerprint density at radius 3 is 2.53 bits per heavy atom. The van der Waals surface area contributed by atoms with E-state index in [1.165, 1.54) is 38.8 Å². The first kappa shape index (κ1) is 14.8. The summed E-state index contributed by atoms with van der Waals surface area (Å²) in [5, 5.41) is 3.20. The van der Waals surface area contributed by atoms with Crippen LogP contribution < -0.4 is 5.32 Å². The maximum Gasteiger partial charge on any atom is 0.234 e. The molecule has 0 aromatic rings. The quantitative estimate of drug-likeness (QED) is 0.758. The Kier molecular flexibility index (Phi) is 5.64. The molecule has 1 saturated heterocycles. The van der Waals surface area contributed by atoms with Crippen molar-refractivity contribution < 1.29 is 4.79 Å². The second-order valence-electron chi connectivity index (χ2n) is 6.20. The Hall–Kier alpha value is -0.610. The normalized spacial score (nSPS) is 21.8. The molecule has 1 N–H and O–H groups in total. The van der Waals surface area contributed by atoms with Crippen molar-refractivity contribution in [3.63, 3.8) is 0 Å². The van der Waals surface area contributed by atoms with Gasteiger partial charge in [-0.1, -0.05) is 13.3 Å². The highest BCUT2D eigenvalue weighted by Gasteiger charge is 2.32. The van der Waals surface area contributed by atoms with E-state index in [2.05, 4.69) is 22.0 Å². The van der Waals surface area contributed by atoms with E-state index in [0.29, 0.717) is 12.6 Å². The van der Waals surface area contributed by atoms with E-state index in [4.69, 9.17) is 0 Å². The predicted octanol–water partition coefficient (Wildman–Crippen LogP) is 1.46. The molecule has 19 heavy (non-hydrogen) atoms. The van der Waals surface area contributed by atoms with Crippen molar-refractivity contribution >= 4 is 5.91 Å². The van der Waals surface area contributed by atoms with E-state index in [-0.39, 0.29) is 5.91 Å². The number of nitrogens with zero attached hydrogens (tertiary/aromatic N) is 2. The number of amides is 1. The molecule has 0 spiro atoms. The minimum absolute atomic E-state index is 0.198. The van der Waals surface area contributed by atoms with Gasteiger partial charge in [0.1, 0.15) is 0 Å². The minimum Gasteiger partial charge on any atom is -0.352 e. The standard InChI is InChI=1S/C15H29N3O/c1-3-4-9-17(2)12-15(19)16-13-7-10-18(11-8-13)14-5-6-14/h13-14H,3-12H2,1-2H3,(H,16,19). The van der Waals surface area contributed by atoms with E-state index in [1.54, 1.807) is 0 Å². The third-order valence-corrected chi connectivity index (χ3v) is 4.26. The molecule has 2 fully saturated rings. The SMILES string of the molecule is CCCCN(C)CC(=O)NC1CCN(C2CC2)CC1. The number of likely N-dealkylation sites (tertiary alicyclic amines) is 1. The number of rotatable bonds is 7. The van der Waals surface area contributed by atoms with E-state index >= 15 is 0 Å². The van der Waals surface area contributed by atoms with Gasteiger partial charge < -0.3 is 10.2 Å². The number of unbranched alkanes of at least 4 members (excludes halogenated alkanes) is 1. The summed E-state index contributed by atoms with van der Waals surface area (Å²) >= 11 is 0. The van der Waals surface area contributed by atoms with Gasteiger partial charge in [0.25, 0.3) is 0 Å². The summed E-state index contributed by atoms with van der Waals surface area (Å²) in [6.07, 6.45) is 7.38. The molecule has 0 atom stereocenters. The summed E-state index contributed by atoms with van der Waals surface area (Å²) in [4.78, 5) is 16.7. The Labute approximate surface area is 117 Å². The Bertz CT molecular complexity index is 283. The first-order valence-corrected chi connectivity index (χ1v) is 7.91. The number of nitrogens with one attached hydrogen (secondary N) is 1. The Morgan fingerprint density at radius 1 is 1.26 bits per heavy atom. The molecule has 4 heteroatoms. The van der Waals surface area contributed by atoms with Crippen LogP contribution in [0.15, 0.2) is 0 Å². The summed E-state index contributed by atoms with van der Waals surface area (Å²) in [5.41, 5.74) is 0. The number of hydrogen-bond donors (Lipinski definition) is 1. The number of piperidine rings is 1. The van der Waals surface area contributed by atoms with Crippen molar-refractivity contribution in [1.82, 2.24) is 15.1 Å². The number of hydrogen-bond acceptors (Lipinski definition) is 3. The second-order valence-corrected chi connectivity index (χ2v) is 6.20. The van der Waals surface area contributed by atoms with Crippen LogP contribution in [0.5, 0.6) is 0 Å². The van der Waals surface area contributed by atoms with Crippen molar-refractivity contribution in [1.29, 1.82) is 0 Å². The predicted molar refractivity (Wildman–Crippen MR) is 78.2 cm³/mol. The average molecular weight is 267 g/mol. The van der Waals surface area contributed by atoms with Crippen molar-refractivity contribution in [3.05, 3.63) is 0 Å². The van der Waals surface area contributed by atoms with Crippen molar-refractivity contribution in [2.24, 2.45) is 0 Å². The molecular formula is C15H29N3O. The summed E-state index contributed by atoms with van der Waals surface area (Å²) in [7, 11) is 2.03. The molecule has 0 bridgehead atoms. The number of carbonyl (C=O) groups is 1. The monoisotopic (exact) mass is 267 g/mol. The van der Waals surface area contributed by atoms with Gasteiger partial charge in [0.05, 0.1) is 6.54 Å². The lowest BCUT2D eigenvalue weighted by Gasteiger charge is -2.32. The summed E-state index contributed by atoms with van der Waals surface area (Å²) in [5.74, 6) is 0.198. The van der Waals surface area contributed by atoms with Gasteiger partial charge in [0.15, 0.2) is 0 Å². The Balaban J connectivity index is 1.60. The van der Waals surface area contributed by atoms with Crippen LogP contribution in [0.1, 0.15) is 45.4 Å². The van der Waals surface area contributed by atoms with Crippen LogP contribution in [0.2, 0.25) is 0 Å². The fraction of sp³-hybridized carbons (Fsp3) is 0.933. The fourth-order valence-electron chi connectivity index (χ4n) is 2.87. The van der Waals surface area contributed by atoms with Crippen LogP contribution in [-0.2, 0) is 4.79 Å². The summed E-state index contributed by atoms with van der Waals surface area (Å²) in [6, 6.07) is 1.28. The molecule has 2 rings (SSSR count). The van der Waals surface area contributed by atoms with Gasteiger partial charge in [0, 0.05) is 25.2 Å². The third kappa shape index (κ3) is 5.11. The topological polar surface area (TPSA) is 35.6 Å². The lowest BCUT2D eigenvalue weighted by atomic mass is 10.0. The molecule has 4 nitrogen and oxygen atoms in total. The average Bonchev–Trinajstić information content (AvgIpc) is 3.21. The molecule has 0 aromatic carbocycles. The fourth-order valence-corrected chi connectivity index (χ4v) is 2.87. The van der Waals surface area contributed by atoms with Crippen molar-refractivity contribution in [3.8, 4) is 0 Å². The van der Waals surface area contributed by atoms with Crippen LogP contribution in [-0.4, -0.2) is 61.0 Å². The van der Waals surface area contributed by atoms with Gasteiger partial charge in [-0.15, -0.1) is 0 Å². The number of carbonyl (C=O) groups excluding carboxylic acids is 1. The van der Waals surface area contributed by atoms with Crippen molar-refractivity contribution in [2.75, 3.05) is 33.2 Å². The molecule has 1 saturated carbocycles. The van der Waals surface area contributed by atoms with E-state index in [1.807, 2.05) is 7.05 Å². The van der Waals surface area contributed by atoms with Gasteiger partial charge >= 0.3 is 0 Å². The zero-order valence-electron chi connectivity index (χ0n) is 12.5. The first-order valence-electron chi connectivity index (χ1n) is 7.91. The van der Waals surface area contributed by atoms with E-state index in [0.717, 1.165) is 25.4 Å². The van der Waals surface area contributed by atoms with Crippen LogP contribution >= 0.6 is 0 Å². The highest BCUT2D eigenvalue weighted by Crippen LogP contribution is 2.29. The molecular weight excluding hydrogens is 238 g/mol. The van der Waals surface area contributed by atoms with Gasteiger partial charge in [-0.2, -0.15) is 0 Å². The summed E-state index contributed by atoms with van der Waals surface area (Å²) in [6.45, 7) is 6.08. The van der Waals surface area contributed by atoms with Crippen LogP contribution in [0, 0.1) is 0 Å². The van der Waals surface area contributed by atoms with E-state index in [9.17, 15) is 4.79 Å². The second kappa shape index (κ2) is 7.25. The lowest BCUT2D eigenvalue weighted by Crippen LogP contribution is -2.47. The van der Waals surface area contributed by atoms with Crippen LogP contribution in [0.25, 0.3) is 0 Å². The zero-order chi connectivity index (χ0) is 13.7. The minimum atomic E-state index is 0.198. The molecule has 1 aliphatic carbocycles. The first-order chi connectivity index (χ1) is 9.19. The molecule has 0 aromatic heterocycles. The molecule has 2 aliphatic rings. The molecule has 1 heterocycles. The molecule has 0 radical (unpaired) electrons. The molecule has 110 valence electrons. The van der Waals surface area contributed by atoms with Crippen molar-refractivity contribution in [2.45, 2.75) is 57.5 Å². The van der Waals surface area contributed by atoms with E-state index < -0.39 is 0 Å². The zero-order valence-corrected chi connectivity index (χ0v) is 12.5. The van der Waals surface area contributed by atoms with Gasteiger partial charge in [0.2, 0.25) is 5.91 Å². The number of likely N-dealkylation sites (N-methyl/N-ethyl adjacent to an activating group) is 1. The summed E-state index contributed by atoms with van der Waals surface area (Å²) < 4.78 is 0. The highest BCUT2D eigenvalue weighted by molar-refractivity contribution is 5.78.